The second kappa shape index (κ2) is 6.25. The third kappa shape index (κ3) is 3.39. The summed E-state index contributed by atoms with van der Waals surface area (Å²) in [5, 5.41) is 20.9. The van der Waals surface area contributed by atoms with Gasteiger partial charge in [-0.25, -0.2) is 0 Å². The Kier molecular flexibility index (Phi) is 4.41. The van der Waals surface area contributed by atoms with Crippen LogP contribution in [0.1, 0.15) is 10.4 Å². The number of amides is 1. The van der Waals surface area contributed by atoms with Gasteiger partial charge in [0.15, 0.2) is 5.84 Å². The highest BCUT2D eigenvalue weighted by atomic mass is 16.4. The molecular weight excluding hydrogens is 260 g/mol. The lowest BCUT2D eigenvalue weighted by atomic mass is 10.1. The number of amidine groups is 1. The van der Waals surface area contributed by atoms with E-state index in [2.05, 4.69) is 5.16 Å². The van der Waals surface area contributed by atoms with Gasteiger partial charge in [0.1, 0.15) is 5.75 Å². The number of nitrogens with zero attached hydrogens (tertiary/aromatic N) is 3. The van der Waals surface area contributed by atoms with Crippen LogP contribution >= 0.6 is 0 Å². The molecule has 7 heteroatoms. The first kappa shape index (κ1) is 14.1. The van der Waals surface area contributed by atoms with Crippen LogP contribution in [0.4, 0.5) is 0 Å². The van der Waals surface area contributed by atoms with Crippen molar-refractivity contribution in [1.29, 1.82) is 0 Å². The summed E-state index contributed by atoms with van der Waals surface area (Å²) in [7, 11) is 0. The van der Waals surface area contributed by atoms with Gasteiger partial charge in [0.05, 0.1) is 6.54 Å². The van der Waals surface area contributed by atoms with Crippen LogP contribution in [0, 0.1) is 0 Å². The Labute approximate surface area is 116 Å². The van der Waals surface area contributed by atoms with Gasteiger partial charge < -0.3 is 20.9 Å². The molecule has 0 unspecified atom stereocenters. The molecule has 1 heterocycles. The quantitative estimate of drug-likeness (QED) is 0.310. The van der Waals surface area contributed by atoms with Crippen molar-refractivity contribution >= 4 is 11.7 Å². The molecule has 1 saturated heterocycles. The number of aromatic hydroxyl groups is 1. The highest BCUT2D eigenvalue weighted by molar-refractivity contribution is 5.94. The van der Waals surface area contributed by atoms with Gasteiger partial charge in [-0.2, -0.15) is 0 Å². The Morgan fingerprint density at radius 2 is 2.00 bits per heavy atom. The zero-order valence-corrected chi connectivity index (χ0v) is 11.1. The maximum Gasteiger partial charge on any atom is 0.254 e. The third-order valence-electron chi connectivity index (χ3n) is 3.27. The number of piperazine rings is 1. The summed E-state index contributed by atoms with van der Waals surface area (Å²) in [5.74, 6) is 0.156. The molecule has 1 aromatic carbocycles. The molecule has 4 N–H and O–H groups in total. The summed E-state index contributed by atoms with van der Waals surface area (Å²) in [6, 6.07) is 6.33. The number of hydrogen-bond acceptors (Lipinski definition) is 5. The number of phenols is 1. The fourth-order valence-electron chi connectivity index (χ4n) is 2.19. The highest BCUT2D eigenvalue weighted by Gasteiger charge is 2.22. The Hall–Kier alpha value is -2.28. The predicted molar refractivity (Wildman–Crippen MR) is 73.9 cm³/mol. The van der Waals surface area contributed by atoms with Gasteiger partial charge in [-0.1, -0.05) is 11.2 Å². The van der Waals surface area contributed by atoms with Crippen LogP contribution in [-0.2, 0) is 0 Å². The highest BCUT2D eigenvalue weighted by Crippen LogP contribution is 2.14. The largest absolute Gasteiger partial charge is 0.508 e. The van der Waals surface area contributed by atoms with Gasteiger partial charge in [0.25, 0.3) is 5.91 Å². The van der Waals surface area contributed by atoms with Crippen molar-refractivity contribution in [3.63, 3.8) is 0 Å². The van der Waals surface area contributed by atoms with Crippen molar-refractivity contribution in [2.45, 2.75) is 0 Å². The van der Waals surface area contributed by atoms with Gasteiger partial charge in [0.2, 0.25) is 0 Å². The molecule has 0 radical (unpaired) electrons. The summed E-state index contributed by atoms with van der Waals surface area (Å²) in [6.45, 7) is 2.88. The maximum absolute atomic E-state index is 12.2. The minimum Gasteiger partial charge on any atom is -0.508 e. The van der Waals surface area contributed by atoms with Crippen LogP contribution in [0.15, 0.2) is 29.4 Å². The zero-order chi connectivity index (χ0) is 14.5. The van der Waals surface area contributed by atoms with Crippen LogP contribution in [0.5, 0.6) is 5.75 Å². The van der Waals surface area contributed by atoms with Crippen molar-refractivity contribution in [3.05, 3.63) is 29.8 Å². The van der Waals surface area contributed by atoms with Gasteiger partial charge in [-0.15, -0.1) is 0 Å². The predicted octanol–water partition coefficient (Wildman–Crippen LogP) is -0.104. The number of phenolic OH excluding ortho intramolecular Hbond substituents is 1. The van der Waals surface area contributed by atoms with E-state index < -0.39 is 0 Å². The monoisotopic (exact) mass is 278 g/mol. The lowest BCUT2D eigenvalue weighted by Crippen LogP contribution is -2.50. The van der Waals surface area contributed by atoms with Crippen molar-refractivity contribution < 1.29 is 15.1 Å². The van der Waals surface area contributed by atoms with Gasteiger partial charge in [0, 0.05) is 31.7 Å². The van der Waals surface area contributed by atoms with E-state index in [9.17, 15) is 9.90 Å². The molecule has 0 spiro atoms. The van der Waals surface area contributed by atoms with Crippen LogP contribution in [0.25, 0.3) is 0 Å². The number of rotatable bonds is 3. The molecule has 0 bridgehead atoms. The number of hydrogen-bond donors (Lipinski definition) is 3. The van der Waals surface area contributed by atoms with Crippen LogP contribution in [0.2, 0.25) is 0 Å². The SMILES string of the molecule is NC(CN1CCN(C(=O)c2cccc(O)c2)CC1)=NO. The van der Waals surface area contributed by atoms with Gasteiger partial charge >= 0.3 is 0 Å². The molecule has 1 aromatic rings. The Bertz CT molecular complexity index is 510. The molecule has 7 nitrogen and oxygen atoms in total. The van der Waals surface area contributed by atoms with Gasteiger partial charge in [-0.05, 0) is 18.2 Å². The topological polar surface area (TPSA) is 102 Å². The molecule has 0 aromatic heterocycles. The van der Waals surface area contributed by atoms with Crippen molar-refractivity contribution in [3.8, 4) is 5.75 Å². The average Bonchev–Trinajstić information content (AvgIpc) is 2.47. The summed E-state index contributed by atoms with van der Waals surface area (Å²) in [6.07, 6.45) is 0. The number of carbonyl (C=O) groups is 1. The average molecular weight is 278 g/mol. The van der Waals surface area contributed by atoms with E-state index in [1.165, 1.54) is 12.1 Å². The van der Waals surface area contributed by atoms with Crippen molar-refractivity contribution in [2.24, 2.45) is 10.9 Å². The molecule has 0 aliphatic carbocycles. The molecule has 1 aliphatic heterocycles. The van der Waals surface area contributed by atoms with Crippen molar-refractivity contribution in [1.82, 2.24) is 9.80 Å². The molecule has 1 amide bonds. The Morgan fingerprint density at radius 1 is 1.30 bits per heavy atom. The van der Waals surface area contributed by atoms with E-state index >= 15 is 0 Å². The van der Waals surface area contributed by atoms with E-state index in [4.69, 9.17) is 10.9 Å². The molecule has 1 fully saturated rings. The lowest BCUT2D eigenvalue weighted by Gasteiger charge is -2.34. The second-order valence-electron chi connectivity index (χ2n) is 4.71. The van der Waals surface area contributed by atoms with E-state index in [1.54, 1.807) is 17.0 Å². The lowest BCUT2D eigenvalue weighted by molar-refractivity contribution is 0.0653. The first-order chi connectivity index (χ1) is 9.60. The van der Waals surface area contributed by atoms with Gasteiger partial charge in [-0.3, -0.25) is 9.69 Å². The summed E-state index contributed by atoms with van der Waals surface area (Å²) in [5.41, 5.74) is 5.94. The number of nitrogens with two attached hydrogens (primary N) is 1. The van der Waals surface area contributed by atoms with Crippen LogP contribution < -0.4 is 5.73 Å². The number of benzene rings is 1. The first-order valence-electron chi connectivity index (χ1n) is 6.37. The fraction of sp³-hybridized carbons (Fsp3) is 0.385. The summed E-state index contributed by atoms with van der Waals surface area (Å²) in [4.78, 5) is 16.0. The van der Waals surface area contributed by atoms with Crippen LogP contribution in [0.3, 0.4) is 0 Å². The molecule has 0 atom stereocenters. The van der Waals surface area contributed by atoms with E-state index in [-0.39, 0.29) is 17.5 Å². The third-order valence-corrected chi connectivity index (χ3v) is 3.27. The standard InChI is InChI=1S/C13H18N4O3/c14-12(15-20)9-16-4-6-17(7-5-16)13(19)10-2-1-3-11(18)8-10/h1-3,8,18,20H,4-7,9H2,(H2,14,15). The number of carbonyl (C=O) groups excluding carboxylic acids is 1. The molecule has 2 rings (SSSR count). The molecule has 108 valence electrons. The molecule has 1 aliphatic rings. The summed E-state index contributed by atoms with van der Waals surface area (Å²) >= 11 is 0. The van der Waals surface area contributed by atoms with Crippen LogP contribution in [-0.4, -0.2) is 64.6 Å². The minimum atomic E-state index is -0.0932. The molecule has 0 saturated carbocycles. The number of oxime groups is 1. The zero-order valence-electron chi connectivity index (χ0n) is 11.1. The first-order valence-corrected chi connectivity index (χ1v) is 6.37. The van der Waals surface area contributed by atoms with Crippen molar-refractivity contribution in [2.75, 3.05) is 32.7 Å². The fourth-order valence-corrected chi connectivity index (χ4v) is 2.19. The van der Waals surface area contributed by atoms with E-state index in [1.807, 2.05) is 4.90 Å². The van der Waals surface area contributed by atoms with E-state index in [0.717, 1.165) is 0 Å². The normalized spacial score (nSPS) is 17.2. The summed E-state index contributed by atoms with van der Waals surface area (Å²) < 4.78 is 0. The molecular formula is C13H18N4O3. The Balaban J connectivity index is 1.92. The maximum atomic E-state index is 12.2. The van der Waals surface area contributed by atoms with E-state index in [0.29, 0.717) is 38.3 Å². The second-order valence-corrected chi connectivity index (χ2v) is 4.71. The smallest absolute Gasteiger partial charge is 0.254 e. The molecule has 20 heavy (non-hydrogen) atoms. The minimum absolute atomic E-state index is 0.0846. The Morgan fingerprint density at radius 3 is 2.60 bits per heavy atom.